The lowest BCUT2D eigenvalue weighted by Crippen LogP contribution is -2.21. The maximum atomic E-state index is 10.5. The van der Waals surface area contributed by atoms with Crippen LogP contribution in [0, 0.1) is 0 Å². The van der Waals surface area contributed by atoms with E-state index in [1.807, 2.05) is 0 Å². The summed E-state index contributed by atoms with van der Waals surface area (Å²) in [6.45, 7) is 0. The van der Waals surface area contributed by atoms with Crippen molar-refractivity contribution in [2.45, 2.75) is 31.3 Å². The summed E-state index contributed by atoms with van der Waals surface area (Å²) >= 11 is 0. The zero-order valence-corrected chi connectivity index (χ0v) is 11.0. The second kappa shape index (κ2) is 2.29. The van der Waals surface area contributed by atoms with Gasteiger partial charge in [0, 0.05) is 0 Å². The molecule has 0 radical (unpaired) electrons. The number of rotatable bonds is 2. The largest absolute Gasteiger partial charge is 0.377 e. The molecule has 0 saturated heterocycles. The number of aryl methyl sites for hydroxylation is 2. The van der Waals surface area contributed by atoms with E-state index < -0.39 is 5.60 Å². The molecule has 20 heavy (non-hydrogen) atoms. The molecule has 1 N–H and O–H groups in total. The summed E-state index contributed by atoms with van der Waals surface area (Å²) in [5, 5.41) is 16.8. The molecule has 7 rings (SSSR count). The van der Waals surface area contributed by atoms with Crippen molar-refractivity contribution >= 4 is 27.1 Å². The topological polar surface area (TPSA) is 20.2 Å². The van der Waals surface area contributed by atoms with Crippen molar-refractivity contribution in [2.75, 3.05) is 0 Å². The fourth-order valence-corrected chi connectivity index (χ4v) is 4.88. The van der Waals surface area contributed by atoms with Crippen molar-refractivity contribution in [3.05, 3.63) is 51.6 Å². The Morgan fingerprint density at radius 3 is 2.20 bits per heavy atom. The molecule has 3 aromatic carbocycles. The molecule has 0 fully saturated rings. The van der Waals surface area contributed by atoms with Gasteiger partial charge in [0.05, 0.1) is 0 Å². The van der Waals surface area contributed by atoms with Crippen molar-refractivity contribution in [3.63, 3.8) is 0 Å². The molecule has 0 aliphatic heterocycles. The SMILES string of the molecule is OC1(C2=CC(c3cc4c3c3c5c(c43)CC5)=C2)C2=C1CC2. The molecule has 94 valence electrons. The van der Waals surface area contributed by atoms with Crippen LogP contribution in [-0.2, 0) is 12.8 Å². The fourth-order valence-electron chi connectivity index (χ4n) is 4.88. The van der Waals surface area contributed by atoms with Gasteiger partial charge in [-0.1, -0.05) is 0 Å². The van der Waals surface area contributed by atoms with Crippen molar-refractivity contribution in [1.29, 1.82) is 0 Å². The minimum Gasteiger partial charge on any atom is -0.377 e. The smallest absolute Gasteiger partial charge is 0.133 e. The third-order valence-corrected chi connectivity index (χ3v) is 6.34. The van der Waals surface area contributed by atoms with Crippen LogP contribution in [-0.4, -0.2) is 10.7 Å². The van der Waals surface area contributed by atoms with Gasteiger partial charge in [0.1, 0.15) is 5.60 Å². The molecule has 0 amide bonds. The second-order valence-electron chi connectivity index (χ2n) is 6.92. The molecule has 0 heterocycles. The Kier molecular flexibility index (Phi) is 1.05. The van der Waals surface area contributed by atoms with E-state index in [-0.39, 0.29) is 0 Å². The average molecular weight is 256 g/mol. The van der Waals surface area contributed by atoms with Crippen molar-refractivity contribution < 1.29 is 5.11 Å². The number of benzene rings is 2. The summed E-state index contributed by atoms with van der Waals surface area (Å²) in [6.07, 6.45) is 9.25. The van der Waals surface area contributed by atoms with E-state index in [2.05, 4.69) is 18.2 Å². The van der Waals surface area contributed by atoms with Gasteiger partial charge in [0.25, 0.3) is 0 Å². The second-order valence-corrected chi connectivity index (χ2v) is 6.92. The molecule has 0 aromatic heterocycles. The highest BCUT2D eigenvalue weighted by Gasteiger charge is 2.59. The van der Waals surface area contributed by atoms with Crippen LogP contribution in [0.3, 0.4) is 0 Å². The monoisotopic (exact) mass is 256 g/mol. The van der Waals surface area contributed by atoms with Crippen LogP contribution >= 0.6 is 0 Å². The van der Waals surface area contributed by atoms with Gasteiger partial charge in [-0.3, -0.25) is 0 Å². The van der Waals surface area contributed by atoms with Crippen LogP contribution in [0.2, 0.25) is 0 Å². The number of allylic oxidation sites excluding steroid dienone is 2. The molecular formula is C19H12O. The van der Waals surface area contributed by atoms with Crippen LogP contribution in [0.4, 0.5) is 0 Å². The van der Waals surface area contributed by atoms with Gasteiger partial charge >= 0.3 is 0 Å². The first-order valence-electron chi connectivity index (χ1n) is 7.62. The quantitative estimate of drug-likeness (QED) is 0.695. The Morgan fingerprint density at radius 2 is 1.55 bits per heavy atom. The zero-order chi connectivity index (χ0) is 12.8. The molecule has 0 saturated carbocycles. The number of fused-ring (bicyclic) bond motifs is 7. The highest BCUT2D eigenvalue weighted by atomic mass is 16.3. The Bertz CT molecular complexity index is 1030. The van der Waals surface area contributed by atoms with Gasteiger partial charge < -0.3 is 5.11 Å². The molecule has 4 aliphatic carbocycles. The van der Waals surface area contributed by atoms with E-state index in [9.17, 15) is 5.11 Å². The minimum atomic E-state index is -0.588. The van der Waals surface area contributed by atoms with E-state index in [4.69, 9.17) is 0 Å². The normalized spacial score (nSPS) is 25.2. The van der Waals surface area contributed by atoms with Crippen LogP contribution in [0.25, 0.3) is 27.1 Å². The third kappa shape index (κ3) is 0.638. The maximum Gasteiger partial charge on any atom is 0.133 e. The van der Waals surface area contributed by atoms with Gasteiger partial charge in [-0.05, 0) is 104 Å². The Morgan fingerprint density at radius 1 is 0.850 bits per heavy atom. The Hall–Kier alpha value is -1.86. The number of hydrogen-bond acceptors (Lipinski definition) is 1. The zero-order valence-electron chi connectivity index (χ0n) is 11.0. The average Bonchev–Trinajstić information content (AvgIpc) is 2.67. The summed E-state index contributed by atoms with van der Waals surface area (Å²) < 4.78 is 0. The standard InChI is InChI=1S/C19H12O/c20-19(14-3-4-15(14)19)9-5-8(6-9)12-7-13-16-10-1-2-11(10)18(16)17(12)13/h5-7,20H,1-4H2. The minimum absolute atomic E-state index is 0.588. The summed E-state index contributed by atoms with van der Waals surface area (Å²) in [7, 11) is 0. The number of aliphatic hydroxyl groups is 1. The van der Waals surface area contributed by atoms with Crippen molar-refractivity contribution in [3.8, 4) is 0 Å². The first-order valence-corrected chi connectivity index (χ1v) is 7.62. The van der Waals surface area contributed by atoms with Gasteiger partial charge in [-0.25, -0.2) is 0 Å². The summed E-state index contributed by atoms with van der Waals surface area (Å²) in [6, 6.07) is 2.35. The first kappa shape index (κ1) is 9.15. The van der Waals surface area contributed by atoms with Gasteiger partial charge in [0.15, 0.2) is 0 Å². The molecule has 0 spiro atoms. The van der Waals surface area contributed by atoms with E-state index >= 15 is 0 Å². The summed E-state index contributed by atoms with van der Waals surface area (Å²) in [4.78, 5) is 0. The molecule has 4 aliphatic rings. The van der Waals surface area contributed by atoms with E-state index in [0.29, 0.717) is 0 Å². The fraction of sp³-hybridized carbons (Fsp3) is 0.263. The first-order chi connectivity index (χ1) is 9.78. The Balaban J connectivity index is 1.28. The van der Waals surface area contributed by atoms with Crippen LogP contribution in [0.15, 0.2) is 34.9 Å². The molecule has 0 atom stereocenters. The highest BCUT2D eigenvalue weighted by Crippen LogP contribution is 2.64. The highest BCUT2D eigenvalue weighted by molar-refractivity contribution is 6.38. The molecule has 1 nitrogen and oxygen atoms in total. The predicted octanol–water partition coefficient (Wildman–Crippen LogP) is 3.56. The maximum absolute atomic E-state index is 10.5. The molecular weight excluding hydrogens is 244 g/mol. The van der Waals surface area contributed by atoms with Gasteiger partial charge in [-0.15, -0.1) is 0 Å². The third-order valence-electron chi connectivity index (χ3n) is 6.34. The molecule has 3 aromatic rings. The van der Waals surface area contributed by atoms with Gasteiger partial charge in [0.2, 0.25) is 0 Å². The number of hydrogen-bond donors (Lipinski definition) is 1. The van der Waals surface area contributed by atoms with E-state index in [0.717, 1.165) is 18.4 Å². The van der Waals surface area contributed by atoms with Crippen LogP contribution < -0.4 is 0 Å². The molecule has 0 bridgehead atoms. The Labute approximate surface area is 115 Å². The van der Waals surface area contributed by atoms with E-state index in [1.54, 1.807) is 21.9 Å². The van der Waals surface area contributed by atoms with E-state index in [1.165, 1.54) is 45.9 Å². The lowest BCUT2D eigenvalue weighted by molar-refractivity contribution is 0.209. The summed E-state index contributed by atoms with van der Waals surface area (Å²) in [5.41, 5.74) is 9.22. The van der Waals surface area contributed by atoms with Crippen molar-refractivity contribution in [1.82, 2.24) is 0 Å². The lowest BCUT2D eigenvalue weighted by Gasteiger charge is -2.37. The van der Waals surface area contributed by atoms with Gasteiger partial charge in [-0.2, -0.15) is 0 Å². The van der Waals surface area contributed by atoms with Crippen LogP contribution in [0.5, 0.6) is 0 Å². The van der Waals surface area contributed by atoms with Crippen LogP contribution in [0.1, 0.15) is 29.5 Å². The predicted molar refractivity (Wildman–Crippen MR) is 79.7 cm³/mol. The summed E-state index contributed by atoms with van der Waals surface area (Å²) in [5.74, 6) is 0. The van der Waals surface area contributed by atoms with Crippen molar-refractivity contribution in [2.24, 2.45) is 0 Å². The lowest BCUT2D eigenvalue weighted by atomic mass is 9.66. The molecule has 1 heteroatoms. The molecule has 0 unspecified atom stereocenters.